The van der Waals surface area contributed by atoms with Crippen molar-refractivity contribution in [1.82, 2.24) is 9.71 Å². The highest BCUT2D eigenvalue weighted by Crippen LogP contribution is 2.10. The molecular formula is C13H23N3O3S. The van der Waals surface area contributed by atoms with Crippen LogP contribution in [-0.2, 0) is 14.8 Å². The quantitative estimate of drug-likeness (QED) is 0.642. The molecule has 1 heterocycles. The van der Waals surface area contributed by atoms with Crippen molar-refractivity contribution in [2.45, 2.75) is 31.6 Å². The SMILES string of the molecule is CCCCOCCNS(=O)(=O)c1ccc(NCC)nc1. The minimum Gasteiger partial charge on any atom is -0.380 e. The fourth-order valence-electron chi connectivity index (χ4n) is 1.50. The monoisotopic (exact) mass is 301 g/mol. The van der Waals surface area contributed by atoms with E-state index in [9.17, 15) is 8.42 Å². The molecule has 2 N–H and O–H groups in total. The van der Waals surface area contributed by atoms with Crippen molar-refractivity contribution < 1.29 is 13.2 Å². The van der Waals surface area contributed by atoms with Gasteiger partial charge in [0.05, 0.1) is 6.61 Å². The number of aromatic nitrogens is 1. The Labute approximate surface area is 121 Å². The Kier molecular flexibility index (Phi) is 7.50. The molecule has 1 rings (SSSR count). The Morgan fingerprint density at radius 1 is 1.25 bits per heavy atom. The van der Waals surface area contributed by atoms with Crippen LogP contribution in [0.2, 0.25) is 0 Å². The average Bonchev–Trinajstić information content (AvgIpc) is 2.44. The van der Waals surface area contributed by atoms with Gasteiger partial charge in [-0.05, 0) is 25.5 Å². The van der Waals surface area contributed by atoms with Crippen molar-refractivity contribution in [2.75, 3.05) is 31.6 Å². The maximum absolute atomic E-state index is 12.0. The van der Waals surface area contributed by atoms with Crippen molar-refractivity contribution in [3.8, 4) is 0 Å². The molecule has 20 heavy (non-hydrogen) atoms. The molecule has 7 heteroatoms. The highest BCUT2D eigenvalue weighted by atomic mass is 32.2. The predicted octanol–water partition coefficient (Wildman–Crippen LogP) is 1.61. The number of unbranched alkanes of at least 4 members (excludes halogenated alkanes) is 1. The van der Waals surface area contributed by atoms with Gasteiger partial charge in [-0.3, -0.25) is 0 Å². The smallest absolute Gasteiger partial charge is 0.242 e. The lowest BCUT2D eigenvalue weighted by Crippen LogP contribution is -2.27. The van der Waals surface area contributed by atoms with E-state index in [1.54, 1.807) is 6.07 Å². The second kappa shape index (κ2) is 8.89. The van der Waals surface area contributed by atoms with E-state index in [1.165, 1.54) is 12.3 Å². The van der Waals surface area contributed by atoms with Gasteiger partial charge in [-0.1, -0.05) is 13.3 Å². The third kappa shape index (κ3) is 5.85. The summed E-state index contributed by atoms with van der Waals surface area (Å²) in [5, 5.41) is 3.01. The number of ether oxygens (including phenoxy) is 1. The van der Waals surface area contributed by atoms with E-state index in [0.717, 1.165) is 19.4 Å². The van der Waals surface area contributed by atoms with Crippen LogP contribution in [0.15, 0.2) is 23.2 Å². The van der Waals surface area contributed by atoms with Gasteiger partial charge in [0.15, 0.2) is 0 Å². The number of hydrogen-bond donors (Lipinski definition) is 2. The first-order valence-electron chi connectivity index (χ1n) is 6.87. The van der Waals surface area contributed by atoms with E-state index >= 15 is 0 Å². The second-order valence-electron chi connectivity index (χ2n) is 4.27. The van der Waals surface area contributed by atoms with Crippen molar-refractivity contribution in [3.05, 3.63) is 18.3 Å². The van der Waals surface area contributed by atoms with Crippen LogP contribution in [0.5, 0.6) is 0 Å². The standard InChI is InChI=1S/C13H23N3O3S/c1-3-5-9-19-10-8-16-20(17,18)12-6-7-13(14-4-2)15-11-12/h6-7,11,16H,3-5,8-10H2,1-2H3,(H,14,15). The van der Waals surface area contributed by atoms with E-state index in [1.807, 2.05) is 6.92 Å². The Morgan fingerprint density at radius 3 is 2.65 bits per heavy atom. The summed E-state index contributed by atoms with van der Waals surface area (Å²) in [7, 11) is -3.51. The maximum atomic E-state index is 12.0. The zero-order valence-corrected chi connectivity index (χ0v) is 12.9. The fraction of sp³-hybridized carbons (Fsp3) is 0.615. The van der Waals surface area contributed by atoms with Gasteiger partial charge in [-0.25, -0.2) is 18.1 Å². The minimum atomic E-state index is -3.51. The van der Waals surface area contributed by atoms with Gasteiger partial charge in [-0.15, -0.1) is 0 Å². The first-order valence-corrected chi connectivity index (χ1v) is 8.35. The molecule has 0 fully saturated rings. The molecular weight excluding hydrogens is 278 g/mol. The van der Waals surface area contributed by atoms with Crippen LogP contribution in [0, 0.1) is 0 Å². The molecule has 0 unspecified atom stereocenters. The lowest BCUT2D eigenvalue weighted by Gasteiger charge is -2.08. The first kappa shape index (κ1) is 16.9. The Hall–Kier alpha value is -1.18. The summed E-state index contributed by atoms with van der Waals surface area (Å²) in [6, 6.07) is 3.18. The summed E-state index contributed by atoms with van der Waals surface area (Å²) in [6.07, 6.45) is 3.40. The van der Waals surface area contributed by atoms with Crippen molar-refractivity contribution >= 4 is 15.8 Å². The number of nitrogens with zero attached hydrogens (tertiary/aromatic N) is 1. The Morgan fingerprint density at radius 2 is 2.05 bits per heavy atom. The molecule has 0 aliphatic carbocycles. The average molecular weight is 301 g/mol. The van der Waals surface area contributed by atoms with E-state index < -0.39 is 10.0 Å². The summed E-state index contributed by atoms with van der Waals surface area (Å²) in [5.74, 6) is 0.661. The van der Waals surface area contributed by atoms with Gasteiger partial charge in [-0.2, -0.15) is 0 Å². The summed E-state index contributed by atoms with van der Waals surface area (Å²) in [6.45, 7) is 6.08. The molecule has 0 aliphatic heterocycles. The zero-order chi connectivity index (χ0) is 14.8. The molecule has 0 bridgehead atoms. The van der Waals surface area contributed by atoms with E-state index in [2.05, 4.69) is 21.9 Å². The lowest BCUT2D eigenvalue weighted by molar-refractivity contribution is 0.136. The fourth-order valence-corrected chi connectivity index (χ4v) is 2.46. The summed E-state index contributed by atoms with van der Waals surface area (Å²) in [4.78, 5) is 4.20. The molecule has 0 aromatic carbocycles. The topological polar surface area (TPSA) is 80.3 Å². The largest absolute Gasteiger partial charge is 0.380 e. The molecule has 0 atom stereocenters. The molecule has 1 aromatic heterocycles. The van der Waals surface area contributed by atoms with Gasteiger partial charge in [0, 0.05) is 25.9 Å². The highest BCUT2D eigenvalue weighted by Gasteiger charge is 2.13. The molecule has 114 valence electrons. The maximum Gasteiger partial charge on any atom is 0.242 e. The molecule has 1 aromatic rings. The molecule has 0 amide bonds. The normalized spacial score (nSPS) is 11.5. The third-order valence-corrected chi connectivity index (χ3v) is 4.03. The third-order valence-electron chi connectivity index (χ3n) is 2.59. The van der Waals surface area contributed by atoms with Crippen molar-refractivity contribution in [1.29, 1.82) is 0 Å². The summed E-state index contributed by atoms with van der Waals surface area (Å²) in [5.41, 5.74) is 0. The summed E-state index contributed by atoms with van der Waals surface area (Å²) < 4.78 is 31.7. The second-order valence-corrected chi connectivity index (χ2v) is 6.04. The van der Waals surface area contributed by atoms with Crippen LogP contribution in [0.1, 0.15) is 26.7 Å². The molecule has 0 saturated heterocycles. The van der Waals surface area contributed by atoms with Gasteiger partial charge in [0.1, 0.15) is 10.7 Å². The van der Waals surface area contributed by atoms with Crippen LogP contribution in [-0.4, -0.2) is 39.7 Å². The van der Waals surface area contributed by atoms with Crippen molar-refractivity contribution in [3.63, 3.8) is 0 Å². The van der Waals surface area contributed by atoms with Crippen LogP contribution in [0.25, 0.3) is 0 Å². The zero-order valence-electron chi connectivity index (χ0n) is 12.1. The van der Waals surface area contributed by atoms with E-state index in [0.29, 0.717) is 19.0 Å². The van der Waals surface area contributed by atoms with Crippen LogP contribution in [0.3, 0.4) is 0 Å². The summed E-state index contributed by atoms with van der Waals surface area (Å²) >= 11 is 0. The Balaban J connectivity index is 2.43. The van der Waals surface area contributed by atoms with Crippen molar-refractivity contribution in [2.24, 2.45) is 0 Å². The van der Waals surface area contributed by atoms with Crippen LogP contribution >= 0.6 is 0 Å². The molecule has 0 spiro atoms. The van der Waals surface area contributed by atoms with E-state index in [-0.39, 0.29) is 11.4 Å². The molecule has 0 aliphatic rings. The van der Waals surface area contributed by atoms with E-state index in [4.69, 9.17) is 4.74 Å². The number of pyridine rings is 1. The molecule has 0 radical (unpaired) electrons. The number of anilines is 1. The highest BCUT2D eigenvalue weighted by molar-refractivity contribution is 7.89. The van der Waals surface area contributed by atoms with Crippen LogP contribution < -0.4 is 10.0 Å². The molecule has 6 nitrogen and oxygen atoms in total. The number of rotatable bonds is 10. The van der Waals surface area contributed by atoms with Gasteiger partial charge >= 0.3 is 0 Å². The number of hydrogen-bond acceptors (Lipinski definition) is 5. The predicted molar refractivity (Wildman–Crippen MR) is 79.3 cm³/mol. The van der Waals surface area contributed by atoms with Gasteiger partial charge in [0.25, 0.3) is 0 Å². The molecule has 0 saturated carbocycles. The van der Waals surface area contributed by atoms with Gasteiger partial charge in [0.2, 0.25) is 10.0 Å². The first-order chi connectivity index (χ1) is 9.60. The Bertz CT molecular complexity index is 474. The lowest BCUT2D eigenvalue weighted by atomic mass is 10.4. The van der Waals surface area contributed by atoms with Crippen LogP contribution in [0.4, 0.5) is 5.82 Å². The number of nitrogens with one attached hydrogen (secondary N) is 2. The van der Waals surface area contributed by atoms with Gasteiger partial charge < -0.3 is 10.1 Å². The number of sulfonamides is 1. The minimum absolute atomic E-state index is 0.160.